The number of nitrogens with zero attached hydrogens (tertiary/aromatic N) is 2. The molecule has 26 heavy (non-hydrogen) atoms. The van der Waals surface area contributed by atoms with E-state index in [1.807, 2.05) is 0 Å². The topological polar surface area (TPSA) is 116 Å². The standard InChI is InChI=1S/C15H6ClF3N2O5/c16-11-5-13(7(6-20)3-10(11)15(17,18)19)26-8-1-2-12(21(24)25)9(4-8)14(22)23/h1-5H,(H,22,23)/p-1. The van der Waals surface area contributed by atoms with Crippen LogP contribution < -0.4 is 9.84 Å². The molecule has 0 saturated carbocycles. The average molecular weight is 386 g/mol. The zero-order chi connectivity index (χ0) is 19.6. The minimum absolute atomic E-state index is 0.276. The van der Waals surface area contributed by atoms with Crippen molar-refractivity contribution < 1.29 is 32.7 Å². The molecule has 2 rings (SSSR count). The third-order valence-electron chi connectivity index (χ3n) is 3.11. The number of carboxylic acids is 1. The van der Waals surface area contributed by atoms with Crippen molar-refractivity contribution in [2.24, 2.45) is 0 Å². The van der Waals surface area contributed by atoms with Gasteiger partial charge in [-0.15, -0.1) is 0 Å². The van der Waals surface area contributed by atoms with Gasteiger partial charge < -0.3 is 14.6 Å². The minimum Gasteiger partial charge on any atom is -0.545 e. The molecule has 0 bridgehead atoms. The summed E-state index contributed by atoms with van der Waals surface area (Å²) in [4.78, 5) is 20.8. The lowest BCUT2D eigenvalue weighted by Crippen LogP contribution is -2.23. The average Bonchev–Trinajstić information content (AvgIpc) is 2.53. The van der Waals surface area contributed by atoms with Gasteiger partial charge in [0.15, 0.2) is 0 Å². The van der Waals surface area contributed by atoms with E-state index >= 15 is 0 Å². The molecule has 2 aromatic rings. The summed E-state index contributed by atoms with van der Waals surface area (Å²) < 4.78 is 43.6. The second kappa shape index (κ2) is 6.89. The fraction of sp³-hybridized carbons (Fsp3) is 0.0667. The Balaban J connectivity index is 2.51. The van der Waals surface area contributed by atoms with Gasteiger partial charge in [0.05, 0.1) is 32.6 Å². The molecule has 0 radical (unpaired) electrons. The summed E-state index contributed by atoms with van der Waals surface area (Å²) in [6.07, 6.45) is -4.79. The summed E-state index contributed by atoms with van der Waals surface area (Å²) in [6, 6.07) is 5.30. The van der Waals surface area contributed by atoms with Crippen molar-refractivity contribution in [3.63, 3.8) is 0 Å². The predicted octanol–water partition coefficient (Wildman–Crippen LogP) is 3.29. The van der Waals surface area contributed by atoms with Crippen LogP contribution >= 0.6 is 11.6 Å². The first kappa shape index (κ1) is 19.0. The molecule has 7 nitrogen and oxygen atoms in total. The van der Waals surface area contributed by atoms with Gasteiger partial charge in [0.2, 0.25) is 0 Å². The van der Waals surface area contributed by atoms with Crippen LogP contribution in [0, 0.1) is 21.4 Å². The number of carbonyl (C=O) groups is 1. The summed E-state index contributed by atoms with van der Waals surface area (Å²) in [6.45, 7) is 0. The quantitative estimate of drug-likeness (QED) is 0.589. The first-order valence-corrected chi connectivity index (χ1v) is 6.91. The molecule has 0 atom stereocenters. The molecule has 2 aromatic carbocycles. The number of carbonyl (C=O) groups excluding carboxylic acids is 1. The van der Waals surface area contributed by atoms with Gasteiger partial charge in [-0.3, -0.25) is 10.1 Å². The van der Waals surface area contributed by atoms with Crippen LogP contribution in [0.3, 0.4) is 0 Å². The SMILES string of the molecule is N#Cc1cc(C(F)(F)F)c(Cl)cc1Oc1ccc([N+](=O)[O-])c(C(=O)[O-])c1. The lowest BCUT2D eigenvalue weighted by Gasteiger charge is -2.13. The van der Waals surface area contributed by atoms with Crippen molar-refractivity contribution in [2.45, 2.75) is 6.18 Å². The van der Waals surface area contributed by atoms with Gasteiger partial charge in [-0.25, -0.2) is 0 Å². The third kappa shape index (κ3) is 3.84. The van der Waals surface area contributed by atoms with E-state index in [-0.39, 0.29) is 11.5 Å². The molecule has 0 spiro atoms. The number of nitro groups is 1. The Bertz CT molecular complexity index is 954. The Kier molecular flexibility index (Phi) is 5.04. The van der Waals surface area contributed by atoms with Crippen molar-refractivity contribution in [1.29, 1.82) is 5.26 Å². The van der Waals surface area contributed by atoms with E-state index in [2.05, 4.69) is 0 Å². The molecule has 0 saturated heterocycles. The Labute approximate surface area is 147 Å². The maximum absolute atomic E-state index is 12.8. The number of benzene rings is 2. The van der Waals surface area contributed by atoms with Crippen molar-refractivity contribution in [3.05, 3.63) is 62.2 Å². The molecule has 0 unspecified atom stereocenters. The number of nitro benzene ring substituents is 1. The van der Waals surface area contributed by atoms with E-state index in [1.165, 1.54) is 6.07 Å². The van der Waals surface area contributed by atoms with Crippen molar-refractivity contribution in [1.82, 2.24) is 0 Å². The highest BCUT2D eigenvalue weighted by Crippen LogP contribution is 2.39. The number of carboxylic acid groups (broad SMARTS) is 1. The summed E-state index contributed by atoms with van der Waals surface area (Å²) in [5.41, 5.74) is -3.33. The highest BCUT2D eigenvalue weighted by Gasteiger charge is 2.34. The molecular weight excluding hydrogens is 381 g/mol. The molecule has 0 amide bonds. The Morgan fingerprint density at radius 1 is 1.27 bits per heavy atom. The van der Waals surface area contributed by atoms with E-state index in [0.29, 0.717) is 6.07 Å². The lowest BCUT2D eigenvalue weighted by atomic mass is 10.1. The Hall–Kier alpha value is -3.32. The molecule has 134 valence electrons. The zero-order valence-corrected chi connectivity index (χ0v) is 13.1. The van der Waals surface area contributed by atoms with E-state index in [1.54, 1.807) is 0 Å². The van der Waals surface area contributed by atoms with Gasteiger partial charge >= 0.3 is 6.18 Å². The van der Waals surface area contributed by atoms with Gasteiger partial charge in [0.1, 0.15) is 17.6 Å². The molecule has 0 fully saturated rings. The maximum atomic E-state index is 12.8. The second-order valence-corrected chi connectivity index (χ2v) is 5.17. The van der Waals surface area contributed by atoms with Gasteiger partial charge in [0.25, 0.3) is 5.69 Å². The molecule has 0 N–H and O–H groups in total. The minimum atomic E-state index is -4.79. The van der Waals surface area contributed by atoms with Crippen LogP contribution in [0.5, 0.6) is 11.5 Å². The maximum Gasteiger partial charge on any atom is 0.417 e. The monoisotopic (exact) mass is 385 g/mol. The fourth-order valence-electron chi connectivity index (χ4n) is 1.97. The summed E-state index contributed by atoms with van der Waals surface area (Å²) in [5.74, 6) is -2.51. The number of aromatic carboxylic acids is 1. The molecule has 0 aliphatic rings. The van der Waals surface area contributed by atoms with Gasteiger partial charge in [-0.05, 0) is 18.2 Å². The smallest absolute Gasteiger partial charge is 0.417 e. The summed E-state index contributed by atoms with van der Waals surface area (Å²) in [5, 5.41) is 30.0. The number of rotatable bonds is 4. The summed E-state index contributed by atoms with van der Waals surface area (Å²) in [7, 11) is 0. The van der Waals surface area contributed by atoms with E-state index < -0.39 is 44.5 Å². The highest BCUT2D eigenvalue weighted by atomic mass is 35.5. The van der Waals surface area contributed by atoms with Crippen LogP contribution in [0.4, 0.5) is 18.9 Å². The number of nitriles is 1. The van der Waals surface area contributed by atoms with Gasteiger partial charge in [0, 0.05) is 12.1 Å². The van der Waals surface area contributed by atoms with Crippen LogP contribution in [0.15, 0.2) is 30.3 Å². The second-order valence-electron chi connectivity index (χ2n) is 4.76. The van der Waals surface area contributed by atoms with E-state index in [4.69, 9.17) is 21.6 Å². The number of ether oxygens (including phenoxy) is 1. The van der Waals surface area contributed by atoms with Crippen LogP contribution in [-0.4, -0.2) is 10.9 Å². The highest BCUT2D eigenvalue weighted by molar-refractivity contribution is 6.31. The number of alkyl halides is 3. The van der Waals surface area contributed by atoms with E-state index in [9.17, 15) is 33.2 Å². The third-order valence-corrected chi connectivity index (χ3v) is 3.42. The van der Waals surface area contributed by atoms with Crippen molar-refractivity contribution >= 4 is 23.3 Å². The Morgan fingerprint density at radius 2 is 1.92 bits per heavy atom. The van der Waals surface area contributed by atoms with Crippen LogP contribution in [0.2, 0.25) is 5.02 Å². The van der Waals surface area contributed by atoms with Crippen LogP contribution in [-0.2, 0) is 6.18 Å². The first-order valence-electron chi connectivity index (χ1n) is 6.53. The number of halogens is 4. The molecule has 0 aliphatic heterocycles. The van der Waals surface area contributed by atoms with E-state index in [0.717, 1.165) is 24.3 Å². The molecule has 0 aromatic heterocycles. The number of hydrogen-bond acceptors (Lipinski definition) is 6. The molecule has 11 heteroatoms. The first-order chi connectivity index (χ1) is 12.0. The number of hydrogen-bond donors (Lipinski definition) is 0. The fourth-order valence-corrected chi connectivity index (χ4v) is 2.23. The largest absolute Gasteiger partial charge is 0.545 e. The predicted molar refractivity (Wildman–Crippen MR) is 78.7 cm³/mol. The normalized spacial score (nSPS) is 10.9. The van der Waals surface area contributed by atoms with Crippen molar-refractivity contribution in [3.8, 4) is 17.6 Å². The van der Waals surface area contributed by atoms with Crippen LogP contribution in [0.25, 0.3) is 0 Å². The lowest BCUT2D eigenvalue weighted by molar-refractivity contribution is -0.385. The molecule has 0 aliphatic carbocycles. The molecule has 0 heterocycles. The zero-order valence-electron chi connectivity index (χ0n) is 12.3. The van der Waals surface area contributed by atoms with Crippen LogP contribution in [0.1, 0.15) is 21.5 Å². The molecular formula is C15H5ClF3N2O5-. The summed E-state index contributed by atoms with van der Waals surface area (Å²) >= 11 is 5.55. The van der Waals surface area contributed by atoms with Gasteiger partial charge in [-0.2, -0.15) is 18.4 Å². The van der Waals surface area contributed by atoms with Crippen molar-refractivity contribution in [2.75, 3.05) is 0 Å². The Morgan fingerprint density at radius 3 is 2.42 bits per heavy atom. The van der Waals surface area contributed by atoms with Gasteiger partial charge in [-0.1, -0.05) is 11.6 Å².